The summed E-state index contributed by atoms with van der Waals surface area (Å²) in [6, 6.07) is 5.21. The molecule has 27 heavy (non-hydrogen) atoms. The van der Waals surface area contributed by atoms with Crippen molar-refractivity contribution in [2.24, 2.45) is 5.92 Å². The van der Waals surface area contributed by atoms with Crippen LogP contribution in [0, 0.1) is 5.92 Å². The van der Waals surface area contributed by atoms with Crippen LogP contribution < -0.4 is 0 Å². The molecule has 0 radical (unpaired) electrons. The summed E-state index contributed by atoms with van der Waals surface area (Å²) in [7, 11) is -2.52. The van der Waals surface area contributed by atoms with Gasteiger partial charge in [-0.15, -0.1) is 0 Å². The number of nitrogens with zero attached hydrogens (tertiary/aromatic N) is 2. The minimum atomic E-state index is -4.44. The number of carbonyl (C=O) groups excluding carboxylic acids is 1. The number of alkyl halides is 3. The van der Waals surface area contributed by atoms with E-state index in [-0.39, 0.29) is 30.8 Å². The lowest BCUT2D eigenvalue weighted by Crippen LogP contribution is -2.45. The first-order chi connectivity index (χ1) is 12.6. The molecule has 1 heterocycles. The Hall–Kier alpha value is -1.61. The molecule has 0 unspecified atom stereocenters. The molecule has 0 aromatic heterocycles. The van der Waals surface area contributed by atoms with E-state index in [4.69, 9.17) is 0 Å². The van der Waals surface area contributed by atoms with Crippen molar-refractivity contribution < 1.29 is 26.4 Å². The lowest BCUT2D eigenvalue weighted by molar-refractivity contribution is -0.161. The van der Waals surface area contributed by atoms with E-state index in [2.05, 4.69) is 0 Å². The third-order valence-electron chi connectivity index (χ3n) is 5.30. The smallest absolute Gasteiger partial charge is 0.336 e. The maximum atomic E-state index is 12.9. The largest absolute Gasteiger partial charge is 0.406 e. The molecule has 1 aliphatic heterocycles. The number of sulfonamides is 1. The van der Waals surface area contributed by atoms with Crippen LogP contribution in [0.4, 0.5) is 13.2 Å². The van der Waals surface area contributed by atoms with Gasteiger partial charge in [0, 0.05) is 26.1 Å². The minimum absolute atomic E-state index is 0.135. The number of aryl methyl sites for hydroxylation is 2. The van der Waals surface area contributed by atoms with Crippen LogP contribution in [0.2, 0.25) is 0 Å². The minimum Gasteiger partial charge on any atom is -0.336 e. The molecule has 0 atom stereocenters. The highest BCUT2D eigenvalue weighted by Crippen LogP contribution is 2.29. The van der Waals surface area contributed by atoms with Crippen molar-refractivity contribution >= 4 is 15.9 Å². The summed E-state index contributed by atoms with van der Waals surface area (Å²) >= 11 is 0. The highest BCUT2D eigenvalue weighted by molar-refractivity contribution is 7.89. The molecule has 1 amide bonds. The zero-order valence-electron chi connectivity index (χ0n) is 15.1. The quantitative estimate of drug-likeness (QED) is 0.775. The van der Waals surface area contributed by atoms with E-state index in [9.17, 15) is 26.4 Å². The molecular weight excluding hydrogens is 381 g/mol. The van der Waals surface area contributed by atoms with Gasteiger partial charge in [0.2, 0.25) is 15.9 Å². The topological polar surface area (TPSA) is 57.7 Å². The first-order valence-corrected chi connectivity index (χ1v) is 10.5. The summed E-state index contributed by atoms with van der Waals surface area (Å²) in [4.78, 5) is 13.1. The first kappa shape index (κ1) is 20.1. The Kier molecular flexibility index (Phi) is 5.54. The predicted octanol–water partition coefficient (Wildman–Crippen LogP) is 2.60. The van der Waals surface area contributed by atoms with Crippen molar-refractivity contribution in [2.45, 2.75) is 43.2 Å². The van der Waals surface area contributed by atoms with Crippen LogP contribution in [0.1, 0.15) is 30.4 Å². The summed E-state index contributed by atoms with van der Waals surface area (Å²) in [6.07, 6.45) is -1.12. The van der Waals surface area contributed by atoms with Crippen molar-refractivity contribution in [3.8, 4) is 0 Å². The maximum absolute atomic E-state index is 12.9. The lowest BCUT2D eigenvalue weighted by Gasteiger charge is -2.32. The van der Waals surface area contributed by atoms with Crippen LogP contribution >= 0.6 is 0 Å². The summed E-state index contributed by atoms with van der Waals surface area (Å²) in [5, 5.41) is 0. The summed E-state index contributed by atoms with van der Waals surface area (Å²) in [5.74, 6) is -1.16. The predicted molar refractivity (Wildman–Crippen MR) is 93.6 cm³/mol. The number of amides is 1. The van der Waals surface area contributed by atoms with Crippen molar-refractivity contribution in [1.82, 2.24) is 9.21 Å². The van der Waals surface area contributed by atoms with Gasteiger partial charge in [-0.05, 0) is 55.4 Å². The Labute approximate surface area is 157 Å². The molecule has 0 N–H and O–H groups in total. The second-order valence-electron chi connectivity index (χ2n) is 7.27. The fourth-order valence-electron chi connectivity index (χ4n) is 3.86. The van der Waals surface area contributed by atoms with Gasteiger partial charge in [-0.2, -0.15) is 17.5 Å². The Morgan fingerprint density at radius 2 is 1.81 bits per heavy atom. The average Bonchev–Trinajstić information content (AvgIpc) is 3.07. The van der Waals surface area contributed by atoms with E-state index < -0.39 is 34.6 Å². The molecule has 0 spiro atoms. The second-order valence-corrected chi connectivity index (χ2v) is 9.21. The Morgan fingerprint density at radius 3 is 2.44 bits per heavy atom. The summed E-state index contributed by atoms with van der Waals surface area (Å²) in [6.45, 7) is -1.02. The van der Waals surface area contributed by atoms with Crippen LogP contribution in [0.5, 0.6) is 0 Å². The zero-order valence-corrected chi connectivity index (χ0v) is 15.9. The third-order valence-corrected chi connectivity index (χ3v) is 7.20. The normalized spacial score (nSPS) is 19.1. The summed E-state index contributed by atoms with van der Waals surface area (Å²) < 4.78 is 64.4. The number of hydrogen-bond donors (Lipinski definition) is 0. The van der Waals surface area contributed by atoms with Gasteiger partial charge in [-0.25, -0.2) is 8.42 Å². The van der Waals surface area contributed by atoms with Gasteiger partial charge in [0.15, 0.2) is 0 Å². The molecular formula is C18H23F3N2O3S. The average molecular weight is 404 g/mol. The van der Waals surface area contributed by atoms with Crippen LogP contribution in [0.25, 0.3) is 0 Å². The van der Waals surface area contributed by atoms with Crippen LogP contribution in [-0.4, -0.2) is 56.4 Å². The molecule has 150 valence electrons. The van der Waals surface area contributed by atoms with E-state index in [0.717, 1.165) is 31.9 Å². The number of hydrogen-bond acceptors (Lipinski definition) is 3. The molecule has 1 aliphatic carbocycles. The number of benzene rings is 1. The van der Waals surface area contributed by atoms with E-state index in [1.54, 1.807) is 12.1 Å². The molecule has 5 nitrogen and oxygen atoms in total. The van der Waals surface area contributed by atoms with Crippen LogP contribution in [0.15, 0.2) is 23.1 Å². The first-order valence-electron chi connectivity index (χ1n) is 9.01. The number of rotatable bonds is 4. The van der Waals surface area contributed by atoms with Crippen LogP contribution in [0.3, 0.4) is 0 Å². The molecule has 0 bridgehead atoms. The van der Waals surface area contributed by atoms with Crippen LogP contribution in [-0.2, 0) is 27.7 Å². The van der Waals surface area contributed by atoms with Gasteiger partial charge in [0.25, 0.3) is 0 Å². The molecule has 0 saturated carbocycles. The van der Waals surface area contributed by atoms with Gasteiger partial charge in [-0.3, -0.25) is 4.79 Å². The third kappa shape index (κ3) is 4.45. The van der Waals surface area contributed by atoms with Gasteiger partial charge in [0.1, 0.15) is 6.54 Å². The molecule has 1 aromatic rings. The zero-order chi connectivity index (χ0) is 19.8. The fraction of sp³-hybridized carbons (Fsp3) is 0.611. The van der Waals surface area contributed by atoms with E-state index in [1.165, 1.54) is 9.87 Å². The van der Waals surface area contributed by atoms with Gasteiger partial charge in [0.05, 0.1) is 4.90 Å². The molecule has 3 rings (SSSR count). The summed E-state index contributed by atoms with van der Waals surface area (Å²) in [5.41, 5.74) is 2.25. The number of fused-ring (bicyclic) bond motifs is 1. The SMILES string of the molecule is CN(CC(F)(F)F)C(=O)C1CCN(S(=O)(=O)c2ccc3c(c2)CCC3)CC1. The molecule has 1 fully saturated rings. The fourth-order valence-corrected chi connectivity index (χ4v) is 5.38. The second kappa shape index (κ2) is 7.43. The highest BCUT2D eigenvalue weighted by atomic mass is 32.2. The molecule has 9 heteroatoms. The molecule has 1 saturated heterocycles. The Bertz CT molecular complexity index is 816. The highest BCUT2D eigenvalue weighted by Gasteiger charge is 2.36. The van der Waals surface area contributed by atoms with Crippen molar-refractivity contribution in [1.29, 1.82) is 0 Å². The molecule has 2 aliphatic rings. The number of piperidine rings is 1. The monoisotopic (exact) mass is 404 g/mol. The molecule has 1 aromatic carbocycles. The van der Waals surface area contributed by atoms with Gasteiger partial charge >= 0.3 is 6.18 Å². The van der Waals surface area contributed by atoms with E-state index in [0.29, 0.717) is 4.90 Å². The van der Waals surface area contributed by atoms with Crippen molar-refractivity contribution in [3.63, 3.8) is 0 Å². The Morgan fingerprint density at radius 1 is 1.19 bits per heavy atom. The van der Waals surface area contributed by atoms with E-state index >= 15 is 0 Å². The number of carbonyl (C=O) groups is 1. The van der Waals surface area contributed by atoms with Crippen molar-refractivity contribution in [3.05, 3.63) is 29.3 Å². The van der Waals surface area contributed by atoms with E-state index in [1.807, 2.05) is 6.07 Å². The Balaban J connectivity index is 1.64. The van der Waals surface area contributed by atoms with Crippen molar-refractivity contribution in [2.75, 3.05) is 26.7 Å². The standard InChI is InChI=1S/C18H23F3N2O3S/c1-22(12-18(19,20)21)17(24)14-7-9-23(10-8-14)27(25,26)16-6-5-13-3-2-4-15(13)11-16/h5-6,11,14H,2-4,7-10,12H2,1H3. The van der Waals surface area contributed by atoms with Gasteiger partial charge in [-0.1, -0.05) is 6.07 Å². The lowest BCUT2D eigenvalue weighted by atomic mass is 9.97. The maximum Gasteiger partial charge on any atom is 0.406 e. The number of halogens is 3. The van der Waals surface area contributed by atoms with Gasteiger partial charge < -0.3 is 4.90 Å².